The number of ether oxygens (including phenoxy) is 1. The predicted molar refractivity (Wildman–Crippen MR) is 130 cm³/mol. The molecule has 2 aliphatic rings. The third-order valence-corrected chi connectivity index (χ3v) is 6.41. The van der Waals surface area contributed by atoms with E-state index in [1.807, 2.05) is 30.3 Å². The second-order valence-corrected chi connectivity index (χ2v) is 9.51. The zero-order valence-electron chi connectivity index (χ0n) is 18.9. The van der Waals surface area contributed by atoms with Gasteiger partial charge in [0, 0.05) is 48.1 Å². The highest BCUT2D eigenvalue weighted by Crippen LogP contribution is 2.31. The summed E-state index contributed by atoms with van der Waals surface area (Å²) in [6, 6.07) is 20.7. The van der Waals surface area contributed by atoms with E-state index in [9.17, 15) is 4.79 Å². The second-order valence-electron chi connectivity index (χ2n) is 9.51. The molecule has 1 saturated heterocycles. The quantitative estimate of drug-likeness (QED) is 0.480. The van der Waals surface area contributed by atoms with Crippen molar-refractivity contribution in [2.24, 2.45) is 0 Å². The van der Waals surface area contributed by atoms with Gasteiger partial charge in [-0.25, -0.2) is 0 Å². The van der Waals surface area contributed by atoms with Crippen LogP contribution in [0.25, 0.3) is 16.5 Å². The first-order valence-corrected chi connectivity index (χ1v) is 11.4. The number of nitrogens with one attached hydrogen (secondary N) is 1. The fourth-order valence-corrected chi connectivity index (χ4v) is 4.86. The van der Waals surface area contributed by atoms with Crippen LogP contribution in [0.5, 0.6) is 0 Å². The molecular formula is C28H30N2O2. The number of carbonyl (C=O) groups is 1. The van der Waals surface area contributed by atoms with Crippen molar-refractivity contribution in [1.29, 1.82) is 0 Å². The molecule has 0 saturated carbocycles. The average Bonchev–Trinajstić information content (AvgIpc) is 2.79. The summed E-state index contributed by atoms with van der Waals surface area (Å²) in [5.41, 5.74) is 5.25. The molecule has 0 aliphatic carbocycles. The Labute approximate surface area is 189 Å². The van der Waals surface area contributed by atoms with Gasteiger partial charge in [-0.15, -0.1) is 0 Å². The molecule has 0 bridgehead atoms. The molecule has 2 aliphatic heterocycles. The fraction of sp³-hybridized carbons (Fsp3) is 0.321. The van der Waals surface area contributed by atoms with Gasteiger partial charge < -0.3 is 10.1 Å². The molecule has 0 atom stereocenters. The zero-order valence-corrected chi connectivity index (χ0v) is 18.9. The number of carbonyl (C=O) groups excluding carboxylic acids is 1. The van der Waals surface area contributed by atoms with E-state index in [0.29, 0.717) is 0 Å². The Morgan fingerprint density at radius 1 is 1.06 bits per heavy atom. The highest BCUT2D eigenvalue weighted by Gasteiger charge is 2.28. The van der Waals surface area contributed by atoms with Crippen molar-refractivity contribution in [3.8, 4) is 0 Å². The van der Waals surface area contributed by atoms with Gasteiger partial charge in [-0.05, 0) is 48.2 Å². The summed E-state index contributed by atoms with van der Waals surface area (Å²) in [4.78, 5) is 15.8. The minimum absolute atomic E-state index is 0.0338. The lowest BCUT2D eigenvalue weighted by Crippen LogP contribution is -2.44. The normalized spacial score (nSPS) is 19.5. The standard InChI is InChI=1S/C28H30N2O2/c1-28(2)18-22-11-10-20(19-30-12-14-32-15-13-30)16-25(22)26(29-28)17-27(31)24-9-5-7-21-6-3-4-8-23(21)24/h3-11,16-17,29H,12-15,18-19H2,1-2H3. The molecule has 3 aromatic carbocycles. The molecule has 4 heteroatoms. The first kappa shape index (κ1) is 20.9. The van der Waals surface area contributed by atoms with Crippen molar-refractivity contribution in [2.75, 3.05) is 26.3 Å². The van der Waals surface area contributed by atoms with Crippen molar-refractivity contribution in [2.45, 2.75) is 32.4 Å². The molecule has 1 fully saturated rings. The molecule has 2 heterocycles. The van der Waals surface area contributed by atoms with Gasteiger partial charge in [0.25, 0.3) is 0 Å². The minimum atomic E-state index is -0.108. The number of rotatable bonds is 4. The van der Waals surface area contributed by atoms with Crippen molar-refractivity contribution < 1.29 is 9.53 Å². The third-order valence-electron chi connectivity index (χ3n) is 6.41. The van der Waals surface area contributed by atoms with Crippen LogP contribution in [0, 0.1) is 0 Å². The van der Waals surface area contributed by atoms with Gasteiger partial charge in [0.05, 0.1) is 13.2 Å². The van der Waals surface area contributed by atoms with Crippen LogP contribution in [0.1, 0.15) is 40.9 Å². The van der Waals surface area contributed by atoms with Crippen molar-refractivity contribution in [3.63, 3.8) is 0 Å². The zero-order chi connectivity index (χ0) is 22.1. The van der Waals surface area contributed by atoms with Crippen LogP contribution in [-0.4, -0.2) is 42.5 Å². The Hall–Kier alpha value is -2.95. The van der Waals surface area contributed by atoms with E-state index in [-0.39, 0.29) is 11.3 Å². The van der Waals surface area contributed by atoms with Gasteiger partial charge in [0.15, 0.2) is 5.78 Å². The third kappa shape index (κ3) is 4.34. The van der Waals surface area contributed by atoms with Crippen molar-refractivity contribution >= 4 is 22.3 Å². The summed E-state index contributed by atoms with van der Waals surface area (Å²) >= 11 is 0. The molecule has 0 radical (unpaired) electrons. The highest BCUT2D eigenvalue weighted by atomic mass is 16.5. The first-order chi connectivity index (χ1) is 15.5. The Morgan fingerprint density at radius 3 is 2.69 bits per heavy atom. The van der Waals surface area contributed by atoms with Crippen LogP contribution < -0.4 is 5.32 Å². The summed E-state index contributed by atoms with van der Waals surface area (Å²) in [5, 5.41) is 5.71. The Morgan fingerprint density at radius 2 is 1.84 bits per heavy atom. The summed E-state index contributed by atoms with van der Waals surface area (Å²) in [7, 11) is 0. The van der Waals surface area contributed by atoms with Crippen molar-refractivity contribution in [3.05, 3.63) is 89.0 Å². The van der Waals surface area contributed by atoms with Crippen molar-refractivity contribution in [1.82, 2.24) is 10.2 Å². The average molecular weight is 427 g/mol. The summed E-state index contributed by atoms with van der Waals surface area (Å²) < 4.78 is 5.49. The number of hydrogen-bond donors (Lipinski definition) is 1. The number of nitrogens with zero attached hydrogens (tertiary/aromatic N) is 1. The van der Waals surface area contributed by atoms with E-state index in [4.69, 9.17) is 4.74 Å². The number of allylic oxidation sites excluding steroid dienone is 1. The number of fused-ring (bicyclic) bond motifs is 2. The molecule has 164 valence electrons. The molecule has 0 aromatic heterocycles. The summed E-state index contributed by atoms with van der Waals surface area (Å²) in [6.07, 6.45) is 2.72. The first-order valence-electron chi connectivity index (χ1n) is 11.4. The Bertz CT molecular complexity index is 1180. The monoisotopic (exact) mass is 426 g/mol. The predicted octanol–water partition coefficient (Wildman–Crippen LogP) is 4.82. The van der Waals surface area contributed by atoms with Crippen LogP contribution in [0.3, 0.4) is 0 Å². The minimum Gasteiger partial charge on any atom is -0.379 e. The van der Waals surface area contributed by atoms with E-state index in [0.717, 1.165) is 66.9 Å². The van der Waals surface area contributed by atoms with E-state index >= 15 is 0 Å². The van der Waals surface area contributed by atoms with Crippen LogP contribution in [0.2, 0.25) is 0 Å². The fourth-order valence-electron chi connectivity index (χ4n) is 4.86. The lowest BCUT2D eigenvalue weighted by molar-refractivity contribution is 0.0342. The van der Waals surface area contributed by atoms with Gasteiger partial charge >= 0.3 is 0 Å². The largest absolute Gasteiger partial charge is 0.379 e. The summed E-state index contributed by atoms with van der Waals surface area (Å²) in [6.45, 7) is 8.80. The maximum Gasteiger partial charge on any atom is 0.188 e. The van der Waals surface area contributed by atoms with Gasteiger partial charge in [0.1, 0.15) is 0 Å². The topological polar surface area (TPSA) is 41.6 Å². The lowest BCUT2D eigenvalue weighted by atomic mass is 9.84. The van der Waals surface area contributed by atoms with E-state index in [1.165, 1.54) is 11.1 Å². The number of morpholine rings is 1. The highest BCUT2D eigenvalue weighted by molar-refractivity contribution is 6.15. The molecule has 4 nitrogen and oxygen atoms in total. The molecule has 0 spiro atoms. The molecule has 0 amide bonds. The molecule has 1 N–H and O–H groups in total. The summed E-state index contributed by atoms with van der Waals surface area (Å²) in [5.74, 6) is 0.0338. The second kappa shape index (κ2) is 8.53. The number of benzene rings is 3. The van der Waals surface area contributed by atoms with Crippen LogP contribution in [0.15, 0.2) is 66.7 Å². The molecule has 3 aromatic rings. The maximum absolute atomic E-state index is 13.4. The number of ketones is 1. The van der Waals surface area contributed by atoms with E-state index in [2.05, 4.69) is 54.4 Å². The molecule has 5 rings (SSSR count). The molecular weight excluding hydrogens is 396 g/mol. The number of hydrogen-bond acceptors (Lipinski definition) is 4. The van der Waals surface area contributed by atoms with Gasteiger partial charge in [-0.2, -0.15) is 0 Å². The van der Waals surface area contributed by atoms with Crippen LogP contribution in [0.4, 0.5) is 0 Å². The van der Waals surface area contributed by atoms with Gasteiger partial charge in [-0.1, -0.05) is 54.6 Å². The Kier molecular flexibility index (Phi) is 5.58. The maximum atomic E-state index is 13.4. The van der Waals surface area contributed by atoms with E-state index < -0.39 is 0 Å². The Balaban J connectivity index is 1.51. The SMILES string of the molecule is CC1(C)Cc2ccc(CN3CCOCC3)cc2C(=CC(=O)c2cccc3ccccc23)N1. The molecule has 32 heavy (non-hydrogen) atoms. The van der Waals surface area contributed by atoms with Crippen LogP contribution in [-0.2, 0) is 17.7 Å². The van der Waals surface area contributed by atoms with E-state index in [1.54, 1.807) is 6.08 Å². The smallest absolute Gasteiger partial charge is 0.188 e. The van der Waals surface area contributed by atoms with Crippen LogP contribution >= 0.6 is 0 Å². The molecule has 0 unspecified atom stereocenters. The van der Waals surface area contributed by atoms with Gasteiger partial charge in [0.2, 0.25) is 0 Å². The lowest BCUT2D eigenvalue weighted by Gasteiger charge is -2.36. The van der Waals surface area contributed by atoms with Gasteiger partial charge in [-0.3, -0.25) is 9.69 Å².